The molecular weight excluding hydrogens is 358 g/mol. The Morgan fingerprint density at radius 1 is 1.25 bits per heavy atom. The predicted molar refractivity (Wildman–Crippen MR) is 104 cm³/mol. The number of hydrogen-bond donors (Lipinski definition) is 2. The van der Waals surface area contributed by atoms with Gasteiger partial charge in [0.2, 0.25) is 5.91 Å². The molecule has 7 heteroatoms. The topological polar surface area (TPSA) is 95.7 Å². The fourth-order valence-corrected chi connectivity index (χ4v) is 4.00. The third kappa shape index (κ3) is 3.72. The van der Waals surface area contributed by atoms with Crippen LogP contribution >= 0.6 is 0 Å². The number of benzene rings is 1. The minimum atomic E-state index is -1.34. The van der Waals surface area contributed by atoms with E-state index in [-0.39, 0.29) is 31.1 Å². The Hall–Kier alpha value is -2.51. The highest BCUT2D eigenvalue weighted by Gasteiger charge is 2.42. The number of aliphatic hydroxyl groups is 2. The number of piperidine rings is 1. The number of β-amino-alcohol motifs (C(OH)–C–C–N with tert-alkyl or cyclic N) is 1. The smallest absolute Gasteiger partial charge is 0.224 e. The molecule has 28 heavy (non-hydrogen) atoms. The molecule has 0 bridgehead atoms. The van der Waals surface area contributed by atoms with Crippen LogP contribution in [-0.2, 0) is 16.9 Å². The highest BCUT2D eigenvalue weighted by Crippen LogP contribution is 2.33. The zero-order valence-corrected chi connectivity index (χ0v) is 16.6. The van der Waals surface area contributed by atoms with Gasteiger partial charge in [0.15, 0.2) is 5.78 Å². The van der Waals surface area contributed by atoms with Gasteiger partial charge in [-0.15, -0.1) is 0 Å². The van der Waals surface area contributed by atoms with E-state index >= 15 is 0 Å². The molecule has 0 saturated carbocycles. The monoisotopic (exact) mass is 385 g/mol. The van der Waals surface area contributed by atoms with E-state index in [2.05, 4.69) is 5.10 Å². The number of aliphatic hydroxyl groups excluding tert-OH is 1. The first-order chi connectivity index (χ1) is 13.2. The second-order valence-corrected chi connectivity index (χ2v) is 7.47. The maximum atomic E-state index is 12.6. The average Bonchev–Trinajstić information content (AvgIpc) is 2.96. The summed E-state index contributed by atoms with van der Waals surface area (Å²) in [7, 11) is 0. The Morgan fingerprint density at radius 3 is 2.50 bits per heavy atom. The fourth-order valence-electron chi connectivity index (χ4n) is 4.00. The SMILES string of the molecule is CC(=O)c1c(C)nn(CCC(=O)N2CC[C@](O)(c3ccccc3)[C@@H](O)C2)c1C. The van der Waals surface area contributed by atoms with Crippen molar-refractivity contribution < 1.29 is 19.8 Å². The van der Waals surface area contributed by atoms with Crippen LogP contribution in [0.4, 0.5) is 0 Å². The summed E-state index contributed by atoms with van der Waals surface area (Å²) in [6, 6.07) is 9.07. The molecule has 1 fully saturated rings. The van der Waals surface area contributed by atoms with Crippen LogP contribution in [0.5, 0.6) is 0 Å². The van der Waals surface area contributed by atoms with E-state index in [0.29, 0.717) is 29.9 Å². The third-order valence-electron chi connectivity index (χ3n) is 5.60. The van der Waals surface area contributed by atoms with Crippen molar-refractivity contribution in [3.63, 3.8) is 0 Å². The number of carbonyl (C=O) groups is 2. The van der Waals surface area contributed by atoms with Gasteiger partial charge in [0.1, 0.15) is 11.7 Å². The highest BCUT2D eigenvalue weighted by atomic mass is 16.3. The number of ketones is 1. The van der Waals surface area contributed by atoms with Crippen LogP contribution in [0.15, 0.2) is 30.3 Å². The standard InChI is InChI=1S/C21H27N3O4/c1-14-20(16(3)25)15(2)24(22-14)11-9-19(27)23-12-10-21(28,18(26)13-23)17-7-5-4-6-8-17/h4-8,18,26,28H,9-13H2,1-3H3/t18-,21-/m0/s1. The number of carbonyl (C=O) groups excluding carboxylic acids is 2. The molecule has 1 saturated heterocycles. The molecule has 1 aliphatic heterocycles. The largest absolute Gasteiger partial charge is 0.388 e. The minimum absolute atomic E-state index is 0.0353. The van der Waals surface area contributed by atoms with Crippen LogP contribution in [-0.4, -0.2) is 55.8 Å². The lowest BCUT2D eigenvalue weighted by Crippen LogP contribution is -2.55. The van der Waals surface area contributed by atoms with Gasteiger partial charge in [-0.2, -0.15) is 5.10 Å². The van der Waals surface area contributed by atoms with Crippen molar-refractivity contribution in [1.29, 1.82) is 0 Å². The average molecular weight is 385 g/mol. The number of rotatable bonds is 5. The van der Waals surface area contributed by atoms with E-state index in [1.54, 1.807) is 28.6 Å². The molecule has 2 heterocycles. The number of Topliss-reactive ketones (excluding diaryl/α,β-unsaturated/α-hetero) is 1. The lowest BCUT2D eigenvalue weighted by atomic mass is 9.82. The molecule has 1 aromatic carbocycles. The quantitative estimate of drug-likeness (QED) is 0.762. The zero-order valence-electron chi connectivity index (χ0n) is 16.6. The molecule has 3 rings (SSSR count). The summed E-state index contributed by atoms with van der Waals surface area (Å²) in [5.41, 5.74) is 1.35. The van der Waals surface area contributed by atoms with Crippen molar-refractivity contribution in [3.05, 3.63) is 52.8 Å². The van der Waals surface area contributed by atoms with Gasteiger partial charge in [-0.1, -0.05) is 30.3 Å². The Labute approximate surface area is 164 Å². The molecule has 0 radical (unpaired) electrons. The number of aryl methyl sites for hydroxylation is 2. The molecule has 1 aliphatic rings. The van der Waals surface area contributed by atoms with Crippen molar-refractivity contribution in [2.24, 2.45) is 0 Å². The Bertz CT molecular complexity index is 877. The van der Waals surface area contributed by atoms with Crippen LogP contribution < -0.4 is 0 Å². The Balaban J connectivity index is 1.63. The van der Waals surface area contributed by atoms with Crippen LogP contribution in [0.1, 0.15) is 47.1 Å². The molecule has 2 atom stereocenters. The lowest BCUT2D eigenvalue weighted by Gasteiger charge is -2.42. The van der Waals surface area contributed by atoms with Gasteiger partial charge in [-0.05, 0) is 26.3 Å². The van der Waals surface area contributed by atoms with E-state index in [0.717, 1.165) is 5.69 Å². The maximum absolute atomic E-state index is 12.6. The van der Waals surface area contributed by atoms with Crippen molar-refractivity contribution in [1.82, 2.24) is 14.7 Å². The molecule has 2 N–H and O–H groups in total. The van der Waals surface area contributed by atoms with Crippen LogP contribution in [0.3, 0.4) is 0 Å². The van der Waals surface area contributed by atoms with E-state index < -0.39 is 11.7 Å². The summed E-state index contributed by atoms with van der Waals surface area (Å²) >= 11 is 0. The minimum Gasteiger partial charge on any atom is -0.388 e. The first kappa shape index (κ1) is 20.2. The summed E-state index contributed by atoms with van der Waals surface area (Å²) < 4.78 is 1.69. The predicted octanol–water partition coefficient (Wildman–Crippen LogP) is 1.57. The highest BCUT2D eigenvalue weighted by molar-refractivity contribution is 5.96. The Kier molecular flexibility index (Phi) is 5.67. The summed E-state index contributed by atoms with van der Waals surface area (Å²) in [5, 5.41) is 25.8. The summed E-state index contributed by atoms with van der Waals surface area (Å²) in [6.45, 7) is 5.94. The second kappa shape index (κ2) is 7.85. The van der Waals surface area contributed by atoms with E-state index in [9.17, 15) is 19.8 Å². The van der Waals surface area contributed by atoms with Gasteiger partial charge in [0.05, 0.1) is 11.3 Å². The van der Waals surface area contributed by atoms with E-state index in [1.807, 2.05) is 25.1 Å². The summed E-state index contributed by atoms with van der Waals surface area (Å²) in [6.07, 6.45) is -0.556. The van der Waals surface area contributed by atoms with Gasteiger partial charge in [-0.3, -0.25) is 14.3 Å². The van der Waals surface area contributed by atoms with Crippen molar-refractivity contribution >= 4 is 11.7 Å². The molecule has 150 valence electrons. The molecular formula is C21H27N3O4. The summed E-state index contributed by atoms with van der Waals surface area (Å²) in [4.78, 5) is 25.9. The van der Waals surface area contributed by atoms with Crippen LogP contribution in [0.2, 0.25) is 0 Å². The molecule has 1 aromatic heterocycles. The number of amides is 1. The van der Waals surface area contributed by atoms with Crippen LogP contribution in [0, 0.1) is 13.8 Å². The number of aromatic nitrogens is 2. The van der Waals surface area contributed by atoms with Gasteiger partial charge in [0.25, 0.3) is 0 Å². The Morgan fingerprint density at radius 2 is 1.93 bits per heavy atom. The van der Waals surface area contributed by atoms with Crippen molar-refractivity contribution in [2.75, 3.05) is 13.1 Å². The summed E-state index contributed by atoms with van der Waals surface area (Å²) in [5.74, 6) is -0.141. The molecule has 2 aromatic rings. The fraction of sp³-hybridized carbons (Fsp3) is 0.476. The first-order valence-electron chi connectivity index (χ1n) is 9.52. The number of nitrogens with zero attached hydrogens (tertiary/aromatic N) is 3. The second-order valence-electron chi connectivity index (χ2n) is 7.47. The van der Waals surface area contributed by atoms with Gasteiger partial charge < -0.3 is 15.1 Å². The molecule has 1 amide bonds. The first-order valence-corrected chi connectivity index (χ1v) is 9.52. The maximum Gasteiger partial charge on any atom is 0.224 e. The molecule has 0 aliphatic carbocycles. The third-order valence-corrected chi connectivity index (χ3v) is 5.60. The molecule has 7 nitrogen and oxygen atoms in total. The van der Waals surface area contributed by atoms with Gasteiger partial charge in [-0.25, -0.2) is 0 Å². The van der Waals surface area contributed by atoms with Crippen LogP contribution in [0.25, 0.3) is 0 Å². The number of likely N-dealkylation sites (tertiary alicyclic amines) is 1. The zero-order chi connectivity index (χ0) is 20.5. The number of hydrogen-bond acceptors (Lipinski definition) is 5. The van der Waals surface area contributed by atoms with E-state index in [1.165, 1.54) is 6.92 Å². The molecule has 0 spiro atoms. The molecule has 0 unspecified atom stereocenters. The normalized spacial score (nSPS) is 22.3. The van der Waals surface area contributed by atoms with E-state index in [4.69, 9.17) is 0 Å². The van der Waals surface area contributed by atoms with Gasteiger partial charge in [0, 0.05) is 38.2 Å². The van der Waals surface area contributed by atoms with Crippen molar-refractivity contribution in [3.8, 4) is 0 Å². The van der Waals surface area contributed by atoms with Crippen molar-refractivity contribution in [2.45, 2.75) is 51.9 Å². The van der Waals surface area contributed by atoms with Gasteiger partial charge >= 0.3 is 0 Å². The lowest BCUT2D eigenvalue weighted by molar-refractivity contribution is -0.151.